The van der Waals surface area contributed by atoms with Crippen molar-refractivity contribution in [3.8, 4) is 0 Å². The second-order valence-corrected chi connectivity index (χ2v) is 4.88. The average molecular weight is 261 g/mol. The second-order valence-electron chi connectivity index (χ2n) is 4.88. The lowest BCUT2D eigenvalue weighted by Gasteiger charge is -2.33. The van der Waals surface area contributed by atoms with Crippen LogP contribution in [-0.2, 0) is 17.8 Å². The van der Waals surface area contributed by atoms with E-state index in [4.69, 9.17) is 9.15 Å². The van der Waals surface area contributed by atoms with E-state index in [0.717, 1.165) is 26.2 Å². The van der Waals surface area contributed by atoms with Gasteiger partial charge < -0.3 is 9.15 Å². The summed E-state index contributed by atoms with van der Waals surface area (Å²) in [4.78, 5) is 2.41. The van der Waals surface area contributed by atoms with Gasteiger partial charge in [-0.05, 0) is 19.1 Å². The third kappa shape index (κ3) is 2.72. The zero-order valence-corrected chi connectivity index (χ0v) is 11.2. The summed E-state index contributed by atoms with van der Waals surface area (Å²) in [6.45, 7) is 6.27. The summed E-state index contributed by atoms with van der Waals surface area (Å²) < 4.78 is 12.8. The Bertz CT molecular complexity index is 507. The van der Waals surface area contributed by atoms with Gasteiger partial charge in [-0.2, -0.15) is 5.10 Å². The predicted molar refractivity (Wildman–Crippen MR) is 70.6 cm³/mol. The standard InChI is InChI=1S/C14H19N3O2/c1-2-18-11-14-9-16(7-12-4-6-19-10-12)8-13-3-5-15-17(13)14/h3-6,10,14H,2,7-9,11H2,1H3/t14-/m1/s1. The number of hydrogen-bond acceptors (Lipinski definition) is 4. The van der Waals surface area contributed by atoms with Crippen LogP contribution < -0.4 is 0 Å². The largest absolute Gasteiger partial charge is 0.472 e. The van der Waals surface area contributed by atoms with Crippen molar-refractivity contribution in [2.24, 2.45) is 0 Å². The number of ether oxygens (including phenoxy) is 1. The monoisotopic (exact) mass is 261 g/mol. The number of nitrogens with zero attached hydrogens (tertiary/aromatic N) is 3. The second kappa shape index (κ2) is 5.59. The van der Waals surface area contributed by atoms with Crippen molar-refractivity contribution < 1.29 is 9.15 Å². The summed E-state index contributed by atoms with van der Waals surface area (Å²) in [7, 11) is 0. The third-order valence-electron chi connectivity index (χ3n) is 3.45. The number of rotatable bonds is 5. The lowest BCUT2D eigenvalue weighted by molar-refractivity contribution is 0.0682. The van der Waals surface area contributed by atoms with E-state index in [9.17, 15) is 0 Å². The number of fused-ring (bicyclic) bond motifs is 1. The maximum atomic E-state index is 5.58. The molecule has 0 radical (unpaired) electrons. The summed E-state index contributed by atoms with van der Waals surface area (Å²) in [5, 5.41) is 4.41. The SMILES string of the molecule is CCOC[C@H]1CN(Cc2ccoc2)Cc2ccnn21. The summed E-state index contributed by atoms with van der Waals surface area (Å²) in [6.07, 6.45) is 5.40. The highest BCUT2D eigenvalue weighted by atomic mass is 16.5. The molecule has 0 unspecified atom stereocenters. The molecule has 102 valence electrons. The topological polar surface area (TPSA) is 43.4 Å². The Kier molecular flexibility index (Phi) is 3.66. The zero-order valence-electron chi connectivity index (χ0n) is 11.2. The fourth-order valence-electron chi connectivity index (χ4n) is 2.60. The van der Waals surface area contributed by atoms with Crippen LogP contribution in [0.1, 0.15) is 24.2 Å². The predicted octanol–water partition coefficient (Wildman–Crippen LogP) is 2.07. The van der Waals surface area contributed by atoms with Gasteiger partial charge in [0.25, 0.3) is 0 Å². The van der Waals surface area contributed by atoms with E-state index in [1.807, 2.05) is 25.5 Å². The van der Waals surface area contributed by atoms with Crippen LogP contribution in [0.5, 0.6) is 0 Å². The molecule has 5 nitrogen and oxygen atoms in total. The highest BCUT2D eigenvalue weighted by Gasteiger charge is 2.25. The summed E-state index contributed by atoms with van der Waals surface area (Å²) in [5.74, 6) is 0. The van der Waals surface area contributed by atoms with E-state index in [1.54, 1.807) is 6.26 Å². The molecule has 0 aromatic carbocycles. The van der Waals surface area contributed by atoms with E-state index < -0.39 is 0 Å². The average Bonchev–Trinajstić information content (AvgIpc) is 3.06. The first-order valence-electron chi connectivity index (χ1n) is 6.70. The first-order chi connectivity index (χ1) is 9.36. The molecule has 1 aliphatic heterocycles. The minimum absolute atomic E-state index is 0.297. The molecule has 3 rings (SSSR count). The molecule has 0 saturated heterocycles. The van der Waals surface area contributed by atoms with Crippen molar-refractivity contribution in [3.63, 3.8) is 0 Å². The highest BCUT2D eigenvalue weighted by Crippen LogP contribution is 2.22. The molecule has 2 aromatic heterocycles. The molecule has 19 heavy (non-hydrogen) atoms. The van der Waals surface area contributed by atoms with Crippen LogP contribution in [0, 0.1) is 0 Å². The van der Waals surface area contributed by atoms with Gasteiger partial charge in [0.1, 0.15) is 0 Å². The number of furan rings is 1. The van der Waals surface area contributed by atoms with Crippen molar-refractivity contribution >= 4 is 0 Å². The number of aromatic nitrogens is 2. The van der Waals surface area contributed by atoms with Crippen LogP contribution in [-0.4, -0.2) is 34.4 Å². The van der Waals surface area contributed by atoms with Gasteiger partial charge in [0.15, 0.2) is 0 Å². The molecule has 0 saturated carbocycles. The maximum absolute atomic E-state index is 5.58. The molecular formula is C14H19N3O2. The van der Waals surface area contributed by atoms with Crippen LogP contribution in [0.3, 0.4) is 0 Å². The van der Waals surface area contributed by atoms with E-state index in [1.165, 1.54) is 11.3 Å². The quantitative estimate of drug-likeness (QED) is 0.826. The van der Waals surface area contributed by atoms with Crippen molar-refractivity contribution in [3.05, 3.63) is 42.1 Å². The molecule has 0 amide bonds. The van der Waals surface area contributed by atoms with Gasteiger partial charge in [-0.15, -0.1) is 0 Å². The lowest BCUT2D eigenvalue weighted by Crippen LogP contribution is -2.39. The Hall–Kier alpha value is -1.59. The van der Waals surface area contributed by atoms with Gasteiger partial charge in [0.05, 0.1) is 30.9 Å². The van der Waals surface area contributed by atoms with Crippen LogP contribution in [0.25, 0.3) is 0 Å². The van der Waals surface area contributed by atoms with E-state index >= 15 is 0 Å². The van der Waals surface area contributed by atoms with Crippen molar-refractivity contribution in [2.45, 2.75) is 26.1 Å². The summed E-state index contributed by atoms with van der Waals surface area (Å²) in [5.41, 5.74) is 2.46. The normalized spacial score (nSPS) is 19.5. The lowest BCUT2D eigenvalue weighted by atomic mass is 10.2. The zero-order chi connectivity index (χ0) is 13.1. The molecule has 0 N–H and O–H groups in total. The van der Waals surface area contributed by atoms with E-state index in [0.29, 0.717) is 12.6 Å². The summed E-state index contributed by atoms with van der Waals surface area (Å²) >= 11 is 0. The third-order valence-corrected chi connectivity index (χ3v) is 3.45. The minimum atomic E-state index is 0.297. The van der Waals surface area contributed by atoms with Gasteiger partial charge in [-0.25, -0.2) is 0 Å². The fourth-order valence-corrected chi connectivity index (χ4v) is 2.60. The van der Waals surface area contributed by atoms with Crippen LogP contribution in [0.15, 0.2) is 35.3 Å². The Balaban J connectivity index is 1.72. The molecule has 5 heteroatoms. The van der Waals surface area contributed by atoms with Crippen molar-refractivity contribution in [1.29, 1.82) is 0 Å². The first-order valence-corrected chi connectivity index (χ1v) is 6.70. The van der Waals surface area contributed by atoms with E-state index in [2.05, 4.69) is 20.7 Å². The molecule has 0 aliphatic carbocycles. The van der Waals surface area contributed by atoms with Crippen molar-refractivity contribution in [1.82, 2.24) is 14.7 Å². The fraction of sp³-hybridized carbons (Fsp3) is 0.500. The van der Waals surface area contributed by atoms with Gasteiger partial charge >= 0.3 is 0 Å². The van der Waals surface area contributed by atoms with Crippen LogP contribution in [0.2, 0.25) is 0 Å². The molecule has 0 bridgehead atoms. The van der Waals surface area contributed by atoms with Gasteiger partial charge in [0, 0.05) is 38.0 Å². The molecule has 0 fully saturated rings. The van der Waals surface area contributed by atoms with Gasteiger partial charge in [-0.1, -0.05) is 0 Å². The van der Waals surface area contributed by atoms with Crippen LogP contribution in [0.4, 0.5) is 0 Å². The Labute approximate surface area is 112 Å². The molecule has 1 atom stereocenters. The van der Waals surface area contributed by atoms with Gasteiger partial charge in [-0.3, -0.25) is 9.58 Å². The molecular weight excluding hydrogens is 242 g/mol. The highest BCUT2D eigenvalue weighted by molar-refractivity contribution is 5.09. The maximum Gasteiger partial charge on any atom is 0.0947 e. The molecule has 0 spiro atoms. The summed E-state index contributed by atoms with van der Waals surface area (Å²) in [6, 6.07) is 4.40. The first kappa shape index (κ1) is 12.4. The van der Waals surface area contributed by atoms with Crippen molar-refractivity contribution in [2.75, 3.05) is 19.8 Å². The van der Waals surface area contributed by atoms with Gasteiger partial charge in [0.2, 0.25) is 0 Å². The smallest absolute Gasteiger partial charge is 0.0947 e. The molecule has 1 aliphatic rings. The number of hydrogen-bond donors (Lipinski definition) is 0. The van der Waals surface area contributed by atoms with E-state index in [-0.39, 0.29) is 0 Å². The van der Waals surface area contributed by atoms with Crippen LogP contribution >= 0.6 is 0 Å². The minimum Gasteiger partial charge on any atom is -0.472 e. The Morgan fingerprint density at radius 3 is 3.21 bits per heavy atom. The molecule has 3 heterocycles. The Morgan fingerprint density at radius 2 is 2.42 bits per heavy atom. The molecule has 2 aromatic rings. The Morgan fingerprint density at radius 1 is 1.47 bits per heavy atom.